The Morgan fingerprint density at radius 1 is 1.42 bits per heavy atom. The molecule has 0 aliphatic carbocycles. The zero-order valence-electron chi connectivity index (χ0n) is 17.0. The largest absolute Gasteiger partial charge is 0.402 e. The molecular formula is C20H22N8OS2. The van der Waals surface area contributed by atoms with E-state index >= 15 is 0 Å². The average molecular weight is 455 g/mol. The lowest BCUT2D eigenvalue weighted by atomic mass is 10.1. The van der Waals surface area contributed by atoms with Crippen molar-refractivity contribution in [3.8, 4) is 0 Å². The summed E-state index contributed by atoms with van der Waals surface area (Å²) in [5.41, 5.74) is 11.7. The average Bonchev–Trinajstić information content (AvgIpc) is 3.43. The zero-order chi connectivity index (χ0) is 22.0. The Morgan fingerprint density at radius 3 is 3.03 bits per heavy atom. The van der Waals surface area contributed by atoms with Gasteiger partial charge in [0.05, 0.1) is 46.7 Å². The van der Waals surface area contributed by atoms with E-state index in [1.807, 2.05) is 31.2 Å². The highest BCUT2D eigenvalue weighted by molar-refractivity contribution is 8.02. The number of fused-ring (bicyclic) bond motifs is 2. The maximum absolute atomic E-state index is 11.7. The quantitative estimate of drug-likeness (QED) is 0.178. The Kier molecular flexibility index (Phi) is 5.96. The number of anilines is 2. The molecule has 0 amide bonds. The molecule has 0 spiro atoms. The maximum atomic E-state index is 11.7. The van der Waals surface area contributed by atoms with Crippen molar-refractivity contribution < 1.29 is 4.79 Å². The van der Waals surface area contributed by atoms with E-state index in [9.17, 15) is 4.79 Å². The minimum absolute atomic E-state index is 0.458. The summed E-state index contributed by atoms with van der Waals surface area (Å²) >= 11 is 2.93. The van der Waals surface area contributed by atoms with E-state index in [1.165, 1.54) is 23.5 Å². The number of nitrogens with zero attached hydrogens (tertiary/aromatic N) is 4. The number of aryl methyl sites for hydroxylation is 1. The van der Waals surface area contributed by atoms with E-state index in [2.05, 4.69) is 25.6 Å². The van der Waals surface area contributed by atoms with E-state index < -0.39 is 0 Å². The number of aldehydes is 1. The molecule has 4 rings (SSSR count). The Bertz CT molecular complexity index is 1210. The van der Waals surface area contributed by atoms with Gasteiger partial charge < -0.3 is 25.2 Å². The minimum Gasteiger partial charge on any atom is -0.402 e. The lowest BCUT2D eigenvalue weighted by molar-refractivity contribution is 0.111. The summed E-state index contributed by atoms with van der Waals surface area (Å²) in [7, 11) is 3.71. The summed E-state index contributed by atoms with van der Waals surface area (Å²) in [6, 6.07) is 6.09. The summed E-state index contributed by atoms with van der Waals surface area (Å²) in [6.45, 7) is 0.611. The Balaban J connectivity index is 1.60. The van der Waals surface area contributed by atoms with Gasteiger partial charge in [-0.25, -0.2) is 4.98 Å². The molecule has 11 heteroatoms. The molecule has 0 saturated heterocycles. The Labute approximate surface area is 187 Å². The highest BCUT2D eigenvalue weighted by atomic mass is 32.2. The number of benzene rings is 1. The molecule has 3 aromatic rings. The first kappa shape index (κ1) is 20.9. The third-order valence-corrected chi connectivity index (χ3v) is 6.57. The first-order valence-electron chi connectivity index (χ1n) is 9.45. The number of hydrogen-bond acceptors (Lipinski definition) is 10. The van der Waals surface area contributed by atoms with Gasteiger partial charge in [0, 0.05) is 38.0 Å². The van der Waals surface area contributed by atoms with Crippen LogP contribution >= 0.6 is 23.5 Å². The van der Waals surface area contributed by atoms with Gasteiger partial charge >= 0.3 is 0 Å². The van der Waals surface area contributed by atoms with Gasteiger partial charge in [-0.2, -0.15) is 5.10 Å². The second kappa shape index (κ2) is 8.82. The lowest BCUT2D eigenvalue weighted by Crippen LogP contribution is -2.12. The fraction of sp³-hybridized carbons (Fsp3) is 0.200. The van der Waals surface area contributed by atoms with Crippen molar-refractivity contribution in [2.24, 2.45) is 17.9 Å². The van der Waals surface area contributed by atoms with E-state index in [1.54, 1.807) is 16.9 Å². The molecule has 1 aliphatic heterocycles. The van der Waals surface area contributed by atoms with Crippen LogP contribution in [-0.2, 0) is 20.0 Å². The Morgan fingerprint density at radius 2 is 2.26 bits per heavy atom. The number of allylic oxidation sites excluding steroid dienone is 2. The van der Waals surface area contributed by atoms with E-state index in [-0.39, 0.29) is 0 Å². The first-order valence-corrected chi connectivity index (χ1v) is 11.1. The molecule has 0 unspecified atom stereocenters. The lowest BCUT2D eigenvalue weighted by Gasteiger charge is -2.15. The number of carbonyl (C=O) groups is 1. The smallest absolute Gasteiger partial charge is 0.167 e. The Hall–Kier alpha value is -3.31. The van der Waals surface area contributed by atoms with Crippen LogP contribution in [0.3, 0.4) is 0 Å². The molecule has 0 saturated carbocycles. The standard InChI is InChI=1S/C20H22N8OS2/c1-27(10-12-4-3-5-15-18(12)26-31-25-15)23-9-14-16(11-29)28(2)20-19(14)30-17(24-20)8-13(22)6-7-21/h3-7,9,11,21,25-26H,8,10,22H2,1-2H3/b13-6?,21-7?,23-9-. The molecule has 3 heterocycles. The number of hydrogen-bond donors (Lipinski definition) is 4. The normalized spacial score (nSPS) is 13.3. The molecule has 5 N–H and O–H groups in total. The molecule has 31 heavy (non-hydrogen) atoms. The van der Waals surface area contributed by atoms with Crippen molar-refractivity contribution in [3.05, 3.63) is 51.8 Å². The fourth-order valence-electron chi connectivity index (χ4n) is 3.37. The van der Waals surface area contributed by atoms with Crippen molar-refractivity contribution in [2.45, 2.75) is 13.0 Å². The highest BCUT2D eigenvalue weighted by Gasteiger charge is 2.19. The van der Waals surface area contributed by atoms with Gasteiger partial charge in [0.25, 0.3) is 0 Å². The van der Waals surface area contributed by atoms with Crippen LogP contribution in [0.2, 0.25) is 0 Å². The molecule has 1 aliphatic rings. The topological polar surface area (TPSA) is 124 Å². The monoisotopic (exact) mass is 454 g/mol. The van der Waals surface area contributed by atoms with Gasteiger partial charge in [-0.15, -0.1) is 11.3 Å². The van der Waals surface area contributed by atoms with Crippen LogP contribution in [0, 0.1) is 5.41 Å². The zero-order valence-corrected chi connectivity index (χ0v) is 18.7. The van der Waals surface area contributed by atoms with Gasteiger partial charge in [-0.3, -0.25) is 9.80 Å². The van der Waals surface area contributed by atoms with Gasteiger partial charge in [0.1, 0.15) is 5.01 Å². The number of thiazole rings is 1. The van der Waals surface area contributed by atoms with Crippen molar-refractivity contribution >= 4 is 63.9 Å². The third kappa shape index (κ3) is 4.14. The molecule has 0 atom stereocenters. The van der Waals surface area contributed by atoms with Gasteiger partial charge in [-0.1, -0.05) is 12.1 Å². The first-order chi connectivity index (χ1) is 15.0. The summed E-state index contributed by atoms with van der Waals surface area (Å²) in [4.78, 5) is 16.4. The maximum Gasteiger partial charge on any atom is 0.167 e. The van der Waals surface area contributed by atoms with Crippen LogP contribution in [0.5, 0.6) is 0 Å². The van der Waals surface area contributed by atoms with E-state index in [0.29, 0.717) is 24.4 Å². The van der Waals surface area contributed by atoms with Gasteiger partial charge in [0.15, 0.2) is 11.9 Å². The number of rotatable bonds is 8. The van der Waals surface area contributed by atoms with Crippen molar-refractivity contribution in [1.82, 2.24) is 14.6 Å². The number of para-hydroxylation sites is 1. The molecule has 9 nitrogen and oxygen atoms in total. The molecule has 160 valence electrons. The van der Waals surface area contributed by atoms with Gasteiger partial charge in [-0.05, 0) is 17.7 Å². The second-order valence-electron chi connectivity index (χ2n) is 7.03. The number of nitrogens with one attached hydrogen (secondary N) is 3. The number of nitrogens with two attached hydrogens (primary N) is 1. The van der Waals surface area contributed by atoms with E-state index in [0.717, 1.165) is 50.4 Å². The fourth-order valence-corrected chi connectivity index (χ4v) is 5.19. The van der Waals surface area contributed by atoms with Crippen LogP contribution in [0.25, 0.3) is 10.3 Å². The van der Waals surface area contributed by atoms with Gasteiger partial charge in [0.2, 0.25) is 0 Å². The van der Waals surface area contributed by atoms with E-state index in [4.69, 9.17) is 11.1 Å². The number of carbonyl (C=O) groups excluding carboxylic acids is 1. The molecule has 1 aromatic carbocycles. The molecule has 2 aromatic heterocycles. The second-order valence-corrected chi connectivity index (χ2v) is 8.72. The van der Waals surface area contributed by atoms with Crippen molar-refractivity contribution in [3.63, 3.8) is 0 Å². The number of aromatic nitrogens is 2. The molecule has 0 bridgehead atoms. The molecular weight excluding hydrogens is 432 g/mol. The summed E-state index contributed by atoms with van der Waals surface area (Å²) in [5, 5.41) is 14.4. The van der Waals surface area contributed by atoms with Crippen molar-refractivity contribution in [1.29, 1.82) is 5.41 Å². The summed E-state index contributed by atoms with van der Waals surface area (Å²) < 4.78 is 9.14. The van der Waals surface area contributed by atoms with Crippen molar-refractivity contribution in [2.75, 3.05) is 16.5 Å². The summed E-state index contributed by atoms with van der Waals surface area (Å²) in [6.07, 6.45) is 5.71. The van der Waals surface area contributed by atoms with Crippen LogP contribution in [0.15, 0.2) is 35.1 Å². The highest BCUT2D eigenvalue weighted by Crippen LogP contribution is 2.36. The van der Waals surface area contributed by atoms with Crippen LogP contribution in [-0.4, -0.2) is 40.3 Å². The third-order valence-electron chi connectivity index (χ3n) is 4.87. The van der Waals surface area contributed by atoms with Crippen LogP contribution in [0.1, 0.15) is 26.6 Å². The van der Waals surface area contributed by atoms with Crippen LogP contribution in [0.4, 0.5) is 11.4 Å². The van der Waals surface area contributed by atoms with Crippen LogP contribution < -0.4 is 15.2 Å². The number of hydrazone groups is 1. The predicted molar refractivity (Wildman–Crippen MR) is 129 cm³/mol. The molecule has 0 radical (unpaired) electrons. The summed E-state index contributed by atoms with van der Waals surface area (Å²) in [5.74, 6) is 0. The minimum atomic E-state index is 0.458. The molecule has 0 fully saturated rings. The SMILES string of the molecule is CN(Cc1cccc2c1NSN2)/N=C\c1c(C=O)n(C)c2nc(CC(N)=CC=N)sc12. The predicted octanol–water partition coefficient (Wildman–Crippen LogP) is 3.35.